The number of phenolic OH excluding ortho intramolecular Hbond substituents is 1. The van der Waals surface area contributed by atoms with Crippen LogP contribution in [-0.2, 0) is 6.18 Å². The van der Waals surface area contributed by atoms with E-state index in [9.17, 15) is 23.1 Å². The molecular weight excluding hydrogens is 431 g/mol. The third kappa shape index (κ3) is 4.02. The molecule has 0 fully saturated rings. The molecule has 4 aromatic rings. The molecule has 0 aliphatic carbocycles. The second-order valence-corrected chi connectivity index (χ2v) is 8.30. The van der Waals surface area contributed by atoms with E-state index in [1.807, 2.05) is 18.9 Å². The number of aromatic amines is 1. The quantitative estimate of drug-likeness (QED) is 0.436. The summed E-state index contributed by atoms with van der Waals surface area (Å²) in [6.07, 6.45) is -5.65. The molecule has 0 aliphatic heterocycles. The van der Waals surface area contributed by atoms with E-state index in [1.54, 1.807) is 36.4 Å². The minimum Gasteiger partial charge on any atom is -0.508 e. The summed E-state index contributed by atoms with van der Waals surface area (Å²) in [4.78, 5) is 13.3. The molecule has 2 aromatic heterocycles. The predicted molar refractivity (Wildman–Crippen MR) is 111 cm³/mol. The molecule has 0 aliphatic rings. The van der Waals surface area contributed by atoms with Gasteiger partial charge in [0.2, 0.25) is 12.1 Å². The van der Waals surface area contributed by atoms with Crippen LogP contribution >= 0.6 is 11.5 Å². The lowest BCUT2D eigenvalue weighted by Crippen LogP contribution is -2.25. The molecule has 31 heavy (non-hydrogen) atoms. The molecule has 0 saturated heterocycles. The van der Waals surface area contributed by atoms with Crippen LogP contribution in [0.3, 0.4) is 0 Å². The highest BCUT2D eigenvalue weighted by molar-refractivity contribution is 7.14. The Bertz CT molecular complexity index is 1280. The number of rotatable bonds is 5. The number of nitrogens with zero attached hydrogens (tertiary/aromatic N) is 2. The van der Waals surface area contributed by atoms with Crippen LogP contribution < -0.4 is 10.3 Å². The maximum absolute atomic E-state index is 13.3. The maximum Gasteiger partial charge on any atom is 0.432 e. The van der Waals surface area contributed by atoms with Crippen LogP contribution in [0.1, 0.15) is 42.8 Å². The Morgan fingerprint density at radius 2 is 1.87 bits per heavy atom. The fourth-order valence-electron chi connectivity index (χ4n) is 3.28. The van der Waals surface area contributed by atoms with Gasteiger partial charge in [-0.2, -0.15) is 13.2 Å². The summed E-state index contributed by atoms with van der Waals surface area (Å²) in [5, 5.41) is 16.0. The summed E-state index contributed by atoms with van der Waals surface area (Å²) in [5.74, 6) is -0.288. The first-order chi connectivity index (χ1) is 14.6. The van der Waals surface area contributed by atoms with Crippen molar-refractivity contribution in [3.63, 3.8) is 0 Å². The molecule has 0 bridgehead atoms. The Morgan fingerprint density at radius 3 is 2.48 bits per heavy atom. The molecule has 1 unspecified atom stereocenters. The van der Waals surface area contributed by atoms with Crippen LogP contribution in [0.4, 0.5) is 13.2 Å². The first-order valence-electron chi connectivity index (χ1n) is 9.38. The standard InChI is InChI=1S/C21H18F3N3O3S/c1-11(2)14-8-13(28)9-15-18(14)19(29)27(31-15)20(12-6-4-3-5-7-12)30-17-10-16(25-26-17)21(22,23)24/h3-11,20,28H,1-2H3,(H,25,26). The van der Waals surface area contributed by atoms with Gasteiger partial charge in [0.15, 0.2) is 0 Å². The molecular formula is C21H18F3N3O3S. The first kappa shape index (κ1) is 21.0. The van der Waals surface area contributed by atoms with E-state index in [4.69, 9.17) is 4.74 Å². The number of aromatic nitrogens is 3. The van der Waals surface area contributed by atoms with E-state index >= 15 is 0 Å². The third-order valence-corrected chi connectivity index (χ3v) is 5.81. The number of H-pyrrole nitrogens is 1. The molecule has 0 spiro atoms. The Labute approximate surface area is 178 Å². The minimum absolute atomic E-state index is 0.0258. The molecule has 6 nitrogen and oxygen atoms in total. The number of halogens is 3. The van der Waals surface area contributed by atoms with Crippen molar-refractivity contribution in [3.8, 4) is 11.6 Å². The zero-order chi connectivity index (χ0) is 22.3. The largest absolute Gasteiger partial charge is 0.508 e. The van der Waals surface area contributed by atoms with Gasteiger partial charge in [-0.1, -0.05) is 55.7 Å². The molecule has 2 heterocycles. The Kier molecular flexibility index (Phi) is 5.26. The second-order valence-electron chi connectivity index (χ2n) is 7.28. The molecule has 0 radical (unpaired) electrons. The monoisotopic (exact) mass is 449 g/mol. The number of hydrogen-bond donors (Lipinski definition) is 2. The van der Waals surface area contributed by atoms with Gasteiger partial charge >= 0.3 is 6.18 Å². The normalized spacial score (nSPS) is 13.1. The van der Waals surface area contributed by atoms with Gasteiger partial charge in [-0.05, 0) is 23.6 Å². The lowest BCUT2D eigenvalue weighted by atomic mass is 9.99. The Balaban J connectivity index is 1.86. The van der Waals surface area contributed by atoms with Crippen molar-refractivity contribution in [2.45, 2.75) is 32.2 Å². The lowest BCUT2D eigenvalue weighted by molar-refractivity contribution is -0.141. The molecule has 2 N–H and O–H groups in total. The Hall–Kier alpha value is -3.27. The van der Waals surface area contributed by atoms with E-state index in [-0.39, 0.29) is 23.1 Å². The Morgan fingerprint density at radius 1 is 1.16 bits per heavy atom. The molecule has 162 valence electrons. The predicted octanol–water partition coefficient (Wildman–Crippen LogP) is 5.26. The third-order valence-electron chi connectivity index (χ3n) is 4.74. The van der Waals surface area contributed by atoms with E-state index < -0.39 is 18.1 Å². The number of benzene rings is 2. The molecule has 0 saturated carbocycles. The number of phenols is 1. The zero-order valence-electron chi connectivity index (χ0n) is 16.5. The lowest BCUT2D eigenvalue weighted by Gasteiger charge is -2.18. The molecule has 2 aromatic carbocycles. The highest BCUT2D eigenvalue weighted by atomic mass is 32.1. The van der Waals surface area contributed by atoms with Gasteiger partial charge in [-0.15, -0.1) is 5.10 Å². The van der Waals surface area contributed by atoms with Crippen LogP contribution in [0, 0.1) is 0 Å². The second kappa shape index (κ2) is 7.77. The number of alkyl halides is 3. The average molecular weight is 449 g/mol. The number of aromatic hydroxyl groups is 1. The number of hydrogen-bond acceptors (Lipinski definition) is 5. The molecule has 1 atom stereocenters. The smallest absolute Gasteiger partial charge is 0.432 e. The first-order valence-corrected chi connectivity index (χ1v) is 10.1. The van der Waals surface area contributed by atoms with Crippen molar-refractivity contribution < 1.29 is 23.0 Å². The topological polar surface area (TPSA) is 80.1 Å². The number of fused-ring (bicyclic) bond motifs is 1. The van der Waals surface area contributed by atoms with Crippen LogP contribution in [0.25, 0.3) is 10.1 Å². The van der Waals surface area contributed by atoms with Gasteiger partial charge in [0.05, 0.1) is 10.1 Å². The summed E-state index contributed by atoms with van der Waals surface area (Å²) in [6, 6.07) is 12.5. The number of nitrogens with one attached hydrogen (secondary N) is 1. The summed E-state index contributed by atoms with van der Waals surface area (Å²) in [6.45, 7) is 3.81. The van der Waals surface area contributed by atoms with Crippen LogP contribution in [-0.4, -0.2) is 19.3 Å². The van der Waals surface area contributed by atoms with Gasteiger partial charge in [0.25, 0.3) is 5.56 Å². The van der Waals surface area contributed by atoms with Gasteiger partial charge < -0.3 is 9.84 Å². The molecule has 10 heteroatoms. The van der Waals surface area contributed by atoms with Crippen molar-refractivity contribution in [2.24, 2.45) is 0 Å². The van der Waals surface area contributed by atoms with Crippen molar-refractivity contribution in [1.29, 1.82) is 0 Å². The fraction of sp³-hybridized carbons (Fsp3) is 0.238. The summed E-state index contributed by atoms with van der Waals surface area (Å²) in [7, 11) is 0. The molecule has 0 amide bonds. The van der Waals surface area contributed by atoms with Gasteiger partial charge in [0.1, 0.15) is 11.4 Å². The van der Waals surface area contributed by atoms with E-state index in [2.05, 4.69) is 5.10 Å². The SMILES string of the molecule is CC(C)c1cc(O)cc2sn(C(Oc3cc(C(F)(F)F)[nH]n3)c3ccccc3)c(=O)c12. The van der Waals surface area contributed by atoms with Crippen molar-refractivity contribution in [3.05, 3.63) is 75.7 Å². The van der Waals surface area contributed by atoms with Gasteiger partial charge in [-0.3, -0.25) is 9.89 Å². The average Bonchev–Trinajstić information content (AvgIpc) is 3.31. The maximum atomic E-state index is 13.3. The highest BCUT2D eigenvalue weighted by Crippen LogP contribution is 2.34. The summed E-state index contributed by atoms with van der Waals surface area (Å²) < 4.78 is 46.5. The van der Waals surface area contributed by atoms with E-state index in [0.717, 1.165) is 17.6 Å². The molecule has 4 rings (SSSR count). The van der Waals surface area contributed by atoms with Gasteiger partial charge in [0, 0.05) is 11.6 Å². The minimum atomic E-state index is -4.60. The van der Waals surface area contributed by atoms with E-state index in [1.165, 1.54) is 10.0 Å². The fourth-order valence-corrected chi connectivity index (χ4v) is 4.40. The van der Waals surface area contributed by atoms with Crippen molar-refractivity contribution in [1.82, 2.24) is 14.2 Å². The van der Waals surface area contributed by atoms with E-state index in [0.29, 0.717) is 21.2 Å². The highest BCUT2D eigenvalue weighted by Gasteiger charge is 2.34. The zero-order valence-corrected chi connectivity index (χ0v) is 17.3. The van der Waals surface area contributed by atoms with Crippen LogP contribution in [0.5, 0.6) is 11.6 Å². The summed E-state index contributed by atoms with van der Waals surface area (Å²) in [5.41, 5.74) is -0.168. The van der Waals surface area contributed by atoms with Crippen LogP contribution in [0.2, 0.25) is 0 Å². The van der Waals surface area contributed by atoms with Crippen molar-refractivity contribution in [2.75, 3.05) is 0 Å². The summed E-state index contributed by atoms with van der Waals surface area (Å²) >= 11 is 1.06. The van der Waals surface area contributed by atoms with Crippen molar-refractivity contribution >= 4 is 21.6 Å². The van der Waals surface area contributed by atoms with Crippen LogP contribution in [0.15, 0.2) is 53.3 Å². The van der Waals surface area contributed by atoms with Gasteiger partial charge in [-0.25, -0.2) is 3.96 Å². The number of ether oxygens (including phenoxy) is 1.